The summed E-state index contributed by atoms with van der Waals surface area (Å²) in [6, 6.07) is 0. The molecular formula is C14H28NO12P. The normalized spacial score (nSPS) is 42.5. The van der Waals surface area contributed by atoms with Crippen molar-refractivity contribution in [2.45, 2.75) is 68.1 Å². The lowest BCUT2D eigenvalue weighted by atomic mass is 9.97. The Hall–Kier alpha value is -0.250. The first kappa shape index (κ1) is 24.0. The summed E-state index contributed by atoms with van der Waals surface area (Å²) in [6.07, 6.45) is -12.1. The van der Waals surface area contributed by atoms with Gasteiger partial charge >= 0.3 is 7.60 Å². The molecular weight excluding hydrogens is 405 g/mol. The molecule has 5 unspecified atom stereocenters. The highest BCUT2D eigenvalue weighted by molar-refractivity contribution is 7.51. The van der Waals surface area contributed by atoms with Gasteiger partial charge in [-0.3, -0.25) is 4.57 Å². The zero-order valence-electron chi connectivity index (χ0n) is 15.2. The van der Waals surface area contributed by atoms with Crippen LogP contribution in [-0.2, 0) is 28.4 Å². The van der Waals surface area contributed by atoms with Crippen LogP contribution in [0.4, 0.5) is 0 Å². The third-order valence-electron chi connectivity index (χ3n) is 4.69. The molecule has 0 aromatic carbocycles. The summed E-state index contributed by atoms with van der Waals surface area (Å²) in [5, 5.41) is 40.3. The van der Waals surface area contributed by atoms with Crippen molar-refractivity contribution in [3.05, 3.63) is 0 Å². The van der Waals surface area contributed by atoms with Crippen LogP contribution >= 0.6 is 7.60 Å². The van der Waals surface area contributed by atoms with E-state index in [1.54, 1.807) is 0 Å². The zero-order chi connectivity index (χ0) is 21.1. The molecule has 0 saturated carbocycles. The number of hydrogen-bond donors (Lipinski definition) is 7. The van der Waals surface area contributed by atoms with Gasteiger partial charge in [-0.25, -0.2) is 5.90 Å². The lowest BCUT2D eigenvalue weighted by Crippen LogP contribution is -2.60. The van der Waals surface area contributed by atoms with E-state index in [1.165, 1.54) is 7.11 Å². The van der Waals surface area contributed by atoms with Crippen molar-refractivity contribution in [3.8, 4) is 0 Å². The molecule has 2 aliphatic rings. The van der Waals surface area contributed by atoms with E-state index in [1.807, 2.05) is 0 Å². The first-order chi connectivity index (χ1) is 13.1. The monoisotopic (exact) mass is 433 g/mol. The number of aliphatic hydroxyl groups is 4. The van der Waals surface area contributed by atoms with Crippen LogP contribution in [0.2, 0.25) is 0 Å². The standard InChI is InChI=1S/C14H28NO12P/c1-23-13-8(4-6(16)9(27-13)5-24-15)26-14-12(19)11(18)10(17)7(25-14)2-3-28(20,21)22/h6-14,16-19H,2-5,15H2,1H3,(H2,20,21,22)/t6?,7?,8-,9+,10+,11?,12?,13?,14+/m0/s1. The largest absolute Gasteiger partial charge is 0.390 e. The Morgan fingerprint density at radius 3 is 2.25 bits per heavy atom. The predicted octanol–water partition coefficient (Wildman–Crippen LogP) is -3.24. The van der Waals surface area contributed by atoms with Crippen molar-refractivity contribution in [1.29, 1.82) is 0 Å². The number of ether oxygens (including phenoxy) is 4. The first-order valence-electron chi connectivity index (χ1n) is 8.65. The Morgan fingerprint density at radius 1 is 1.04 bits per heavy atom. The molecule has 8 N–H and O–H groups in total. The van der Waals surface area contributed by atoms with Gasteiger partial charge in [-0.1, -0.05) is 0 Å². The minimum absolute atomic E-state index is 0.00487. The predicted molar refractivity (Wildman–Crippen MR) is 89.5 cm³/mol. The Kier molecular flexibility index (Phi) is 8.73. The molecule has 0 aliphatic carbocycles. The number of aliphatic hydroxyl groups excluding tert-OH is 4. The molecule has 0 bridgehead atoms. The summed E-state index contributed by atoms with van der Waals surface area (Å²) in [7, 11) is -3.02. The van der Waals surface area contributed by atoms with E-state index >= 15 is 0 Å². The van der Waals surface area contributed by atoms with Crippen molar-refractivity contribution in [1.82, 2.24) is 0 Å². The second-order valence-corrected chi connectivity index (χ2v) is 8.56. The van der Waals surface area contributed by atoms with Crippen molar-refractivity contribution >= 4 is 7.60 Å². The van der Waals surface area contributed by atoms with Gasteiger partial charge in [0, 0.05) is 13.5 Å². The summed E-state index contributed by atoms with van der Waals surface area (Å²) >= 11 is 0. The fourth-order valence-electron chi connectivity index (χ4n) is 3.16. The Balaban J connectivity index is 2.04. The maximum absolute atomic E-state index is 11.1. The molecule has 0 amide bonds. The Morgan fingerprint density at radius 2 is 1.68 bits per heavy atom. The highest BCUT2D eigenvalue weighted by Crippen LogP contribution is 2.37. The first-order valence-corrected chi connectivity index (χ1v) is 10.4. The van der Waals surface area contributed by atoms with Gasteiger partial charge in [0.05, 0.1) is 25.0 Å². The highest BCUT2D eigenvalue weighted by Gasteiger charge is 2.47. The number of hydrogen-bond acceptors (Lipinski definition) is 11. The van der Waals surface area contributed by atoms with Crippen molar-refractivity contribution in [2.24, 2.45) is 5.90 Å². The average Bonchev–Trinajstić information content (AvgIpc) is 2.62. The zero-order valence-corrected chi connectivity index (χ0v) is 16.1. The third kappa shape index (κ3) is 6.12. The van der Waals surface area contributed by atoms with Crippen molar-refractivity contribution in [2.75, 3.05) is 19.9 Å². The lowest BCUT2D eigenvalue weighted by Gasteiger charge is -2.44. The molecule has 0 aromatic rings. The van der Waals surface area contributed by atoms with Crippen molar-refractivity contribution in [3.63, 3.8) is 0 Å². The molecule has 0 spiro atoms. The van der Waals surface area contributed by atoms with E-state index in [2.05, 4.69) is 4.84 Å². The van der Waals surface area contributed by atoms with Crippen LogP contribution in [-0.4, -0.2) is 105 Å². The molecule has 28 heavy (non-hydrogen) atoms. The van der Waals surface area contributed by atoms with Crippen LogP contribution in [0.5, 0.6) is 0 Å². The summed E-state index contributed by atoms with van der Waals surface area (Å²) < 4.78 is 32.7. The molecule has 2 fully saturated rings. The summed E-state index contributed by atoms with van der Waals surface area (Å²) in [4.78, 5) is 22.5. The van der Waals surface area contributed by atoms with E-state index in [4.69, 9.17) is 34.6 Å². The van der Waals surface area contributed by atoms with E-state index in [0.29, 0.717) is 0 Å². The van der Waals surface area contributed by atoms with E-state index < -0.39 is 69.1 Å². The SMILES string of the molecule is COC1O[C@H](CON)C(O)C[C@@H]1O[C@H]1OC(CCP(=O)(O)O)[C@@H](O)C(O)C1O. The fourth-order valence-corrected chi connectivity index (χ4v) is 3.75. The van der Waals surface area contributed by atoms with E-state index in [-0.39, 0.29) is 19.4 Å². The quantitative estimate of drug-likeness (QED) is 0.148. The highest BCUT2D eigenvalue weighted by atomic mass is 31.2. The molecule has 2 aliphatic heterocycles. The second-order valence-electron chi connectivity index (χ2n) is 6.78. The van der Waals surface area contributed by atoms with Crippen molar-refractivity contribution < 1.29 is 58.6 Å². The molecule has 166 valence electrons. The van der Waals surface area contributed by atoms with Crippen LogP contribution in [0.25, 0.3) is 0 Å². The number of methoxy groups -OCH3 is 1. The smallest absolute Gasteiger partial charge is 0.325 e. The van der Waals surface area contributed by atoms with E-state index in [0.717, 1.165) is 0 Å². The lowest BCUT2D eigenvalue weighted by molar-refractivity contribution is -0.346. The average molecular weight is 433 g/mol. The molecule has 0 radical (unpaired) electrons. The molecule has 13 nitrogen and oxygen atoms in total. The Labute approximate surface area is 161 Å². The van der Waals surface area contributed by atoms with Gasteiger partial charge in [-0.15, -0.1) is 0 Å². The topological polar surface area (TPSA) is 211 Å². The summed E-state index contributed by atoms with van der Waals surface area (Å²) in [5.74, 6) is 4.99. The maximum Gasteiger partial charge on any atom is 0.325 e. The van der Waals surface area contributed by atoms with Crippen LogP contribution in [0.1, 0.15) is 12.8 Å². The van der Waals surface area contributed by atoms with Crippen LogP contribution in [0.3, 0.4) is 0 Å². The third-order valence-corrected chi connectivity index (χ3v) is 5.53. The number of nitrogens with two attached hydrogens (primary N) is 1. The minimum Gasteiger partial charge on any atom is -0.390 e. The maximum atomic E-state index is 11.1. The molecule has 2 heterocycles. The van der Waals surface area contributed by atoms with Gasteiger partial charge < -0.3 is 54.0 Å². The second kappa shape index (κ2) is 10.2. The van der Waals surface area contributed by atoms with Crippen LogP contribution in [0.15, 0.2) is 0 Å². The van der Waals surface area contributed by atoms with Gasteiger partial charge in [-0.2, -0.15) is 0 Å². The van der Waals surface area contributed by atoms with Crippen LogP contribution in [0, 0.1) is 0 Å². The van der Waals surface area contributed by atoms with Crippen LogP contribution < -0.4 is 5.90 Å². The van der Waals surface area contributed by atoms with Gasteiger partial charge in [0.25, 0.3) is 0 Å². The van der Waals surface area contributed by atoms with Gasteiger partial charge in [0.2, 0.25) is 0 Å². The molecule has 2 saturated heterocycles. The Bertz CT molecular complexity index is 534. The molecule has 0 aromatic heterocycles. The van der Waals surface area contributed by atoms with E-state index in [9.17, 15) is 25.0 Å². The fraction of sp³-hybridized carbons (Fsp3) is 1.00. The van der Waals surface area contributed by atoms with Gasteiger partial charge in [0.1, 0.15) is 30.5 Å². The molecule has 14 heteroatoms. The summed E-state index contributed by atoms with van der Waals surface area (Å²) in [5.41, 5.74) is 0. The number of rotatable bonds is 8. The van der Waals surface area contributed by atoms with Gasteiger partial charge in [-0.05, 0) is 6.42 Å². The summed E-state index contributed by atoms with van der Waals surface area (Å²) in [6.45, 7) is -0.0916. The molecule has 9 atom stereocenters. The van der Waals surface area contributed by atoms with Gasteiger partial charge in [0.15, 0.2) is 12.6 Å². The minimum atomic E-state index is -4.36. The molecule has 2 rings (SSSR count).